The highest BCUT2D eigenvalue weighted by Gasteiger charge is 2.07. The van der Waals surface area contributed by atoms with E-state index < -0.39 is 0 Å². The second-order valence-electron chi connectivity index (χ2n) is 2.70. The molecule has 1 atom stereocenters. The van der Waals surface area contributed by atoms with Gasteiger partial charge < -0.3 is 10.6 Å². The fourth-order valence-corrected chi connectivity index (χ4v) is 0.773. The molecule has 1 unspecified atom stereocenters. The van der Waals surface area contributed by atoms with E-state index in [9.17, 15) is 0 Å². The minimum Gasteiger partial charge on any atom is -0.370 e. The molecule has 0 aliphatic carbocycles. The van der Waals surface area contributed by atoms with E-state index in [2.05, 4.69) is 18.8 Å². The summed E-state index contributed by atoms with van der Waals surface area (Å²) in [4.78, 5) is 6.12. The van der Waals surface area contributed by atoms with Crippen molar-refractivity contribution in [1.29, 1.82) is 0 Å². The first-order valence-electron chi connectivity index (χ1n) is 4.16. The quantitative estimate of drug-likeness (QED) is 0.491. The summed E-state index contributed by atoms with van der Waals surface area (Å²) in [6.07, 6.45) is 1.09. The van der Waals surface area contributed by atoms with Crippen molar-refractivity contribution in [3.63, 3.8) is 0 Å². The predicted octanol–water partition coefficient (Wildman–Crippen LogP) is 1.05. The third-order valence-electron chi connectivity index (χ3n) is 1.93. The Morgan fingerprint density at radius 2 is 2.09 bits per heavy atom. The van der Waals surface area contributed by atoms with Gasteiger partial charge in [0.15, 0.2) is 5.96 Å². The largest absolute Gasteiger partial charge is 0.370 e. The highest BCUT2D eigenvalue weighted by atomic mass is 15.2. The minimum atomic E-state index is 0.477. The predicted molar refractivity (Wildman–Crippen MR) is 49.7 cm³/mol. The zero-order valence-electron chi connectivity index (χ0n) is 7.96. The summed E-state index contributed by atoms with van der Waals surface area (Å²) in [7, 11) is 1.97. The molecule has 3 heteroatoms. The first-order chi connectivity index (χ1) is 5.13. The van der Waals surface area contributed by atoms with E-state index >= 15 is 0 Å². The van der Waals surface area contributed by atoms with Crippen LogP contribution in [0.1, 0.15) is 27.2 Å². The van der Waals surface area contributed by atoms with Crippen LogP contribution in [0.3, 0.4) is 0 Å². The molecular weight excluding hydrogens is 138 g/mol. The summed E-state index contributed by atoms with van der Waals surface area (Å²) in [5.41, 5.74) is 5.68. The van der Waals surface area contributed by atoms with Crippen LogP contribution in [0.15, 0.2) is 4.99 Å². The normalized spacial score (nSPS) is 14.7. The summed E-state index contributed by atoms with van der Waals surface area (Å²) in [6, 6.07) is 0.477. The van der Waals surface area contributed by atoms with Crippen LogP contribution in [0, 0.1) is 0 Å². The molecule has 0 aromatic heterocycles. The van der Waals surface area contributed by atoms with Crippen LogP contribution in [0.2, 0.25) is 0 Å². The molecule has 0 bridgehead atoms. The molecule has 0 saturated heterocycles. The third kappa shape index (κ3) is 3.25. The van der Waals surface area contributed by atoms with Crippen LogP contribution in [0.5, 0.6) is 0 Å². The molecule has 0 fully saturated rings. The molecule has 0 heterocycles. The number of hydrogen-bond donors (Lipinski definition) is 1. The van der Waals surface area contributed by atoms with Crippen LogP contribution in [0.25, 0.3) is 0 Å². The Labute approximate surface area is 69.3 Å². The average molecular weight is 157 g/mol. The van der Waals surface area contributed by atoms with Crippen LogP contribution in [-0.2, 0) is 0 Å². The standard InChI is InChI=1S/C8H19N3/c1-5-7(3)11(4)8(9)10-6-2/h7H,5-6H2,1-4H3,(H2,9,10). The minimum absolute atomic E-state index is 0.477. The number of hydrogen-bond acceptors (Lipinski definition) is 1. The lowest BCUT2D eigenvalue weighted by molar-refractivity contribution is 0.376. The first kappa shape index (κ1) is 10.3. The smallest absolute Gasteiger partial charge is 0.191 e. The Balaban J connectivity index is 4.00. The van der Waals surface area contributed by atoms with Gasteiger partial charge in [0, 0.05) is 19.6 Å². The maximum Gasteiger partial charge on any atom is 0.191 e. The highest BCUT2D eigenvalue weighted by Crippen LogP contribution is 1.98. The molecule has 2 N–H and O–H groups in total. The van der Waals surface area contributed by atoms with Gasteiger partial charge in [-0.25, -0.2) is 0 Å². The lowest BCUT2D eigenvalue weighted by Gasteiger charge is -2.24. The topological polar surface area (TPSA) is 41.6 Å². The van der Waals surface area contributed by atoms with Gasteiger partial charge >= 0.3 is 0 Å². The Bertz CT molecular complexity index is 131. The lowest BCUT2D eigenvalue weighted by atomic mass is 10.2. The van der Waals surface area contributed by atoms with Crippen molar-refractivity contribution >= 4 is 5.96 Å². The summed E-state index contributed by atoms with van der Waals surface area (Å²) in [5, 5.41) is 0. The van der Waals surface area contributed by atoms with E-state index in [4.69, 9.17) is 5.73 Å². The van der Waals surface area contributed by atoms with Gasteiger partial charge in [0.25, 0.3) is 0 Å². The van der Waals surface area contributed by atoms with Crippen molar-refractivity contribution < 1.29 is 0 Å². The first-order valence-corrected chi connectivity index (χ1v) is 4.16. The zero-order chi connectivity index (χ0) is 8.85. The van der Waals surface area contributed by atoms with Crippen molar-refractivity contribution in [3.8, 4) is 0 Å². The molecule has 0 aliphatic rings. The van der Waals surface area contributed by atoms with Crippen molar-refractivity contribution in [2.24, 2.45) is 10.7 Å². The fourth-order valence-electron chi connectivity index (χ4n) is 0.773. The van der Waals surface area contributed by atoms with Gasteiger partial charge in [0.1, 0.15) is 0 Å². The molecule has 0 spiro atoms. The lowest BCUT2D eigenvalue weighted by Crippen LogP contribution is -2.40. The highest BCUT2D eigenvalue weighted by molar-refractivity contribution is 5.78. The monoisotopic (exact) mass is 157 g/mol. The van der Waals surface area contributed by atoms with Crippen molar-refractivity contribution in [3.05, 3.63) is 0 Å². The summed E-state index contributed by atoms with van der Waals surface area (Å²) >= 11 is 0. The van der Waals surface area contributed by atoms with Crippen LogP contribution >= 0.6 is 0 Å². The van der Waals surface area contributed by atoms with Gasteiger partial charge in [-0.3, -0.25) is 4.99 Å². The third-order valence-corrected chi connectivity index (χ3v) is 1.93. The Kier molecular flexibility index (Phi) is 4.66. The summed E-state index contributed by atoms with van der Waals surface area (Å²) < 4.78 is 0. The van der Waals surface area contributed by atoms with Crippen LogP contribution < -0.4 is 5.73 Å². The van der Waals surface area contributed by atoms with E-state index in [1.165, 1.54) is 0 Å². The molecule has 0 amide bonds. The van der Waals surface area contributed by atoms with Crippen molar-refractivity contribution in [1.82, 2.24) is 4.90 Å². The summed E-state index contributed by atoms with van der Waals surface area (Å²) in [6.45, 7) is 7.02. The van der Waals surface area contributed by atoms with Gasteiger partial charge in [-0.2, -0.15) is 0 Å². The molecule has 0 aromatic carbocycles. The number of rotatable bonds is 3. The average Bonchev–Trinajstić information content (AvgIpc) is 2.02. The van der Waals surface area contributed by atoms with E-state index in [0.717, 1.165) is 13.0 Å². The van der Waals surface area contributed by atoms with E-state index in [-0.39, 0.29) is 0 Å². The zero-order valence-corrected chi connectivity index (χ0v) is 7.96. The molecule has 11 heavy (non-hydrogen) atoms. The molecule has 0 aromatic rings. The van der Waals surface area contributed by atoms with Gasteiger partial charge in [0.2, 0.25) is 0 Å². The Morgan fingerprint density at radius 1 is 1.55 bits per heavy atom. The van der Waals surface area contributed by atoms with Gasteiger partial charge in [-0.05, 0) is 20.3 Å². The molecule has 0 saturated carbocycles. The Morgan fingerprint density at radius 3 is 2.45 bits per heavy atom. The maximum atomic E-state index is 5.68. The molecule has 3 nitrogen and oxygen atoms in total. The number of nitrogens with zero attached hydrogens (tertiary/aromatic N) is 2. The summed E-state index contributed by atoms with van der Waals surface area (Å²) in [5.74, 6) is 0.641. The second-order valence-corrected chi connectivity index (χ2v) is 2.70. The molecule has 0 aliphatic heterocycles. The van der Waals surface area contributed by atoms with E-state index in [1.807, 2.05) is 18.9 Å². The van der Waals surface area contributed by atoms with Gasteiger partial charge in [0.05, 0.1) is 0 Å². The fraction of sp³-hybridized carbons (Fsp3) is 0.875. The van der Waals surface area contributed by atoms with Crippen LogP contribution in [-0.4, -0.2) is 30.5 Å². The second kappa shape index (κ2) is 4.99. The maximum absolute atomic E-state index is 5.68. The SMILES string of the molecule is CCN=C(N)N(C)C(C)CC. The molecule has 0 rings (SSSR count). The van der Waals surface area contributed by atoms with Crippen molar-refractivity contribution in [2.75, 3.05) is 13.6 Å². The van der Waals surface area contributed by atoms with Crippen LogP contribution in [0.4, 0.5) is 0 Å². The number of aliphatic imine (C=N–C) groups is 1. The van der Waals surface area contributed by atoms with E-state index in [0.29, 0.717) is 12.0 Å². The number of nitrogens with two attached hydrogens (primary N) is 1. The molecular formula is C8H19N3. The van der Waals surface area contributed by atoms with Gasteiger partial charge in [-0.15, -0.1) is 0 Å². The van der Waals surface area contributed by atoms with Crippen molar-refractivity contribution in [2.45, 2.75) is 33.2 Å². The molecule has 66 valence electrons. The molecule has 0 radical (unpaired) electrons. The van der Waals surface area contributed by atoms with Gasteiger partial charge in [-0.1, -0.05) is 6.92 Å². The Hall–Kier alpha value is -0.730. The number of guanidine groups is 1. The van der Waals surface area contributed by atoms with E-state index in [1.54, 1.807) is 0 Å².